The van der Waals surface area contributed by atoms with Crippen molar-refractivity contribution in [1.82, 2.24) is 10.2 Å². The largest absolute Gasteiger partial charge is 0.493 e. The van der Waals surface area contributed by atoms with Gasteiger partial charge in [0.15, 0.2) is 5.96 Å². The van der Waals surface area contributed by atoms with Gasteiger partial charge in [0.05, 0.1) is 6.61 Å². The van der Waals surface area contributed by atoms with Gasteiger partial charge in [-0.05, 0) is 29.9 Å². The third-order valence-corrected chi connectivity index (χ3v) is 4.78. The lowest BCUT2D eigenvalue weighted by Gasteiger charge is -2.29. The number of ether oxygens (including phenoxy) is 1. The number of halogens is 1. The fourth-order valence-electron chi connectivity index (χ4n) is 3.47. The molecule has 23 heavy (non-hydrogen) atoms. The molecule has 5 heteroatoms. The third-order valence-electron chi connectivity index (χ3n) is 4.78. The van der Waals surface area contributed by atoms with E-state index >= 15 is 0 Å². The number of aliphatic imine (C=N–C) groups is 1. The van der Waals surface area contributed by atoms with Crippen LogP contribution in [0.15, 0.2) is 29.3 Å². The molecule has 1 unspecified atom stereocenters. The van der Waals surface area contributed by atoms with Crippen LogP contribution in [0.4, 0.5) is 0 Å². The normalized spacial score (nSPS) is 22.8. The fraction of sp³-hybridized carbons (Fsp3) is 0.611. The Morgan fingerprint density at radius 3 is 2.87 bits per heavy atom. The average molecular weight is 429 g/mol. The van der Waals surface area contributed by atoms with E-state index in [2.05, 4.69) is 47.3 Å². The van der Waals surface area contributed by atoms with Crippen LogP contribution in [0.3, 0.4) is 0 Å². The molecule has 0 radical (unpaired) electrons. The van der Waals surface area contributed by atoms with Crippen molar-refractivity contribution < 1.29 is 4.74 Å². The molecule has 1 aromatic carbocycles. The minimum absolute atomic E-state index is 0. The summed E-state index contributed by atoms with van der Waals surface area (Å²) in [7, 11) is 1.88. The number of nitrogens with one attached hydrogen (secondary N) is 1. The summed E-state index contributed by atoms with van der Waals surface area (Å²) in [5.74, 6) is 2.57. The fourth-order valence-corrected chi connectivity index (χ4v) is 3.47. The number of hydrogen-bond acceptors (Lipinski definition) is 2. The number of fused-ring (bicyclic) bond motifs is 1. The zero-order chi connectivity index (χ0) is 15.6. The number of hydrogen-bond donors (Lipinski definition) is 1. The van der Waals surface area contributed by atoms with Crippen molar-refractivity contribution >= 4 is 29.9 Å². The molecule has 0 amide bonds. The molecule has 1 fully saturated rings. The molecule has 1 atom stereocenters. The first kappa shape index (κ1) is 18.4. The zero-order valence-electron chi connectivity index (χ0n) is 14.3. The van der Waals surface area contributed by atoms with E-state index in [1.807, 2.05) is 13.1 Å². The van der Waals surface area contributed by atoms with Gasteiger partial charge in [-0.25, -0.2) is 0 Å². The van der Waals surface area contributed by atoms with Crippen molar-refractivity contribution in [3.05, 3.63) is 29.8 Å². The van der Waals surface area contributed by atoms with Crippen LogP contribution >= 0.6 is 24.0 Å². The molecule has 1 aromatic rings. The predicted octanol–water partition coefficient (Wildman–Crippen LogP) is 3.48. The Bertz CT molecular complexity index is 559. The van der Waals surface area contributed by atoms with E-state index in [9.17, 15) is 0 Å². The zero-order valence-corrected chi connectivity index (χ0v) is 16.7. The number of para-hydroxylation sites is 1. The van der Waals surface area contributed by atoms with Gasteiger partial charge in [-0.3, -0.25) is 4.99 Å². The van der Waals surface area contributed by atoms with Crippen LogP contribution in [0.25, 0.3) is 0 Å². The number of nitrogens with zero attached hydrogens (tertiary/aromatic N) is 2. The van der Waals surface area contributed by atoms with E-state index < -0.39 is 0 Å². The highest BCUT2D eigenvalue weighted by Crippen LogP contribution is 2.33. The van der Waals surface area contributed by atoms with Crippen molar-refractivity contribution in [2.24, 2.45) is 10.4 Å². The van der Waals surface area contributed by atoms with Gasteiger partial charge in [-0.1, -0.05) is 32.0 Å². The van der Waals surface area contributed by atoms with Gasteiger partial charge in [0, 0.05) is 32.6 Å². The van der Waals surface area contributed by atoms with Crippen LogP contribution in [-0.4, -0.2) is 44.1 Å². The maximum Gasteiger partial charge on any atom is 0.193 e. The van der Waals surface area contributed by atoms with Crippen molar-refractivity contribution in [1.29, 1.82) is 0 Å². The molecule has 0 saturated carbocycles. The van der Waals surface area contributed by atoms with Crippen LogP contribution in [0, 0.1) is 5.41 Å². The van der Waals surface area contributed by atoms with Gasteiger partial charge < -0.3 is 15.0 Å². The number of likely N-dealkylation sites (tertiary alicyclic amines) is 1. The van der Waals surface area contributed by atoms with Crippen LogP contribution in [0.1, 0.15) is 38.2 Å². The highest BCUT2D eigenvalue weighted by molar-refractivity contribution is 14.0. The highest BCUT2D eigenvalue weighted by Gasteiger charge is 2.31. The Hall–Kier alpha value is -0.980. The van der Waals surface area contributed by atoms with Crippen LogP contribution in [0.2, 0.25) is 0 Å². The molecule has 2 heterocycles. The summed E-state index contributed by atoms with van der Waals surface area (Å²) >= 11 is 0. The van der Waals surface area contributed by atoms with Crippen molar-refractivity contribution in [3.63, 3.8) is 0 Å². The molecule has 0 aliphatic carbocycles. The Kier molecular flexibility index (Phi) is 6.17. The molecule has 128 valence electrons. The highest BCUT2D eigenvalue weighted by atomic mass is 127. The molecule has 0 spiro atoms. The second kappa shape index (κ2) is 7.73. The van der Waals surface area contributed by atoms with Gasteiger partial charge in [0.25, 0.3) is 0 Å². The summed E-state index contributed by atoms with van der Waals surface area (Å²) in [6, 6.07) is 8.39. The first-order valence-electron chi connectivity index (χ1n) is 8.26. The van der Waals surface area contributed by atoms with E-state index in [0.29, 0.717) is 11.3 Å². The van der Waals surface area contributed by atoms with Crippen molar-refractivity contribution in [2.45, 2.75) is 32.6 Å². The maximum atomic E-state index is 5.75. The number of guanidine groups is 1. The van der Waals surface area contributed by atoms with Crippen LogP contribution in [0.5, 0.6) is 5.75 Å². The molecule has 1 saturated heterocycles. The molecule has 2 aliphatic rings. The Morgan fingerprint density at radius 1 is 1.39 bits per heavy atom. The Labute approximate surface area is 156 Å². The maximum absolute atomic E-state index is 5.75. The molecule has 4 nitrogen and oxygen atoms in total. The van der Waals surface area contributed by atoms with Gasteiger partial charge in [0.2, 0.25) is 0 Å². The van der Waals surface area contributed by atoms with Gasteiger partial charge in [-0.15, -0.1) is 24.0 Å². The Morgan fingerprint density at radius 2 is 2.17 bits per heavy atom. The Balaban J connectivity index is 0.00000192. The van der Waals surface area contributed by atoms with Gasteiger partial charge >= 0.3 is 0 Å². The smallest absolute Gasteiger partial charge is 0.193 e. The van der Waals surface area contributed by atoms with Gasteiger partial charge in [0.1, 0.15) is 5.75 Å². The second-order valence-electron chi connectivity index (χ2n) is 7.14. The molecular formula is C18H28IN3O. The van der Waals surface area contributed by atoms with E-state index in [1.54, 1.807) is 0 Å². The van der Waals surface area contributed by atoms with E-state index in [4.69, 9.17) is 4.74 Å². The lowest BCUT2D eigenvalue weighted by Crippen LogP contribution is -2.42. The van der Waals surface area contributed by atoms with Crippen LogP contribution in [-0.2, 0) is 0 Å². The SMILES string of the molecule is CN=C(NCC1CCOc2ccccc21)N1CCC(C)(C)C1.I. The predicted molar refractivity (Wildman–Crippen MR) is 106 cm³/mol. The summed E-state index contributed by atoms with van der Waals surface area (Å²) in [6.45, 7) is 8.56. The second-order valence-corrected chi connectivity index (χ2v) is 7.14. The number of rotatable bonds is 2. The minimum atomic E-state index is 0. The van der Waals surface area contributed by atoms with E-state index in [-0.39, 0.29) is 24.0 Å². The summed E-state index contributed by atoms with van der Waals surface area (Å²) < 4.78 is 5.75. The lowest BCUT2D eigenvalue weighted by molar-refractivity contribution is 0.266. The topological polar surface area (TPSA) is 36.9 Å². The van der Waals surface area contributed by atoms with Gasteiger partial charge in [-0.2, -0.15) is 0 Å². The minimum Gasteiger partial charge on any atom is -0.493 e. The average Bonchev–Trinajstić information content (AvgIpc) is 2.88. The molecule has 3 rings (SSSR count). The molecule has 1 N–H and O–H groups in total. The van der Waals surface area contributed by atoms with E-state index in [0.717, 1.165) is 44.4 Å². The lowest BCUT2D eigenvalue weighted by atomic mass is 9.93. The standard InChI is InChI=1S/C18H27N3O.HI/c1-18(2)9-10-21(13-18)17(19-3)20-12-14-8-11-22-16-7-5-4-6-15(14)16;/h4-7,14H,8-13H2,1-3H3,(H,19,20);1H. The molecule has 2 aliphatic heterocycles. The van der Waals surface area contributed by atoms with Crippen LogP contribution < -0.4 is 10.1 Å². The monoisotopic (exact) mass is 429 g/mol. The number of benzene rings is 1. The summed E-state index contributed by atoms with van der Waals surface area (Å²) in [4.78, 5) is 6.86. The molecular weight excluding hydrogens is 401 g/mol. The van der Waals surface area contributed by atoms with Crippen molar-refractivity contribution in [2.75, 3.05) is 33.3 Å². The summed E-state index contributed by atoms with van der Waals surface area (Å²) in [5, 5.41) is 3.58. The summed E-state index contributed by atoms with van der Waals surface area (Å²) in [6.07, 6.45) is 2.29. The quantitative estimate of drug-likeness (QED) is 0.445. The molecule has 0 bridgehead atoms. The van der Waals surface area contributed by atoms with Crippen molar-refractivity contribution in [3.8, 4) is 5.75 Å². The third kappa shape index (κ3) is 4.31. The first-order valence-corrected chi connectivity index (χ1v) is 8.26. The molecule has 0 aromatic heterocycles. The first-order chi connectivity index (χ1) is 10.6. The van der Waals surface area contributed by atoms with E-state index in [1.165, 1.54) is 12.0 Å². The summed E-state index contributed by atoms with van der Waals surface area (Å²) in [5.41, 5.74) is 1.71.